The molecule has 9 heteroatoms. The largest absolute Gasteiger partial charge is 0.444 e. The van der Waals surface area contributed by atoms with E-state index in [1.807, 2.05) is 32.9 Å². The molecule has 2 aliphatic heterocycles. The predicted molar refractivity (Wildman–Crippen MR) is 164 cm³/mol. The lowest BCUT2D eigenvalue weighted by Gasteiger charge is -2.27. The summed E-state index contributed by atoms with van der Waals surface area (Å²) >= 11 is 0. The van der Waals surface area contributed by atoms with Gasteiger partial charge in [-0.2, -0.15) is 0 Å². The maximum atomic E-state index is 15.6. The van der Waals surface area contributed by atoms with Gasteiger partial charge in [-0.3, -0.25) is 4.90 Å². The van der Waals surface area contributed by atoms with Crippen molar-refractivity contribution < 1.29 is 13.9 Å². The first-order valence-electron chi connectivity index (χ1n) is 15.2. The van der Waals surface area contributed by atoms with Crippen LogP contribution < -0.4 is 5.32 Å². The zero-order valence-corrected chi connectivity index (χ0v) is 24.6. The van der Waals surface area contributed by atoms with Crippen LogP contribution in [0.4, 0.5) is 9.18 Å². The summed E-state index contributed by atoms with van der Waals surface area (Å²) in [7, 11) is 0. The van der Waals surface area contributed by atoms with Crippen LogP contribution in [0.3, 0.4) is 0 Å². The fraction of sp³-hybridized carbons (Fsp3) is 0.382. The van der Waals surface area contributed by atoms with E-state index < -0.39 is 5.60 Å². The fourth-order valence-electron chi connectivity index (χ4n) is 7.08. The smallest absolute Gasteiger partial charge is 0.410 e. The molecule has 4 heterocycles. The molecule has 0 radical (unpaired) electrons. The van der Waals surface area contributed by atoms with Crippen molar-refractivity contribution in [3.8, 4) is 22.4 Å². The molecule has 43 heavy (non-hydrogen) atoms. The minimum absolute atomic E-state index is 0.0363. The Kier molecular flexibility index (Phi) is 5.76. The molecule has 2 aromatic heterocycles. The summed E-state index contributed by atoms with van der Waals surface area (Å²) < 4.78 is 21.2. The average molecular weight is 579 g/mol. The van der Waals surface area contributed by atoms with E-state index in [0.717, 1.165) is 64.6 Å². The van der Waals surface area contributed by atoms with E-state index in [-0.39, 0.29) is 23.5 Å². The first kappa shape index (κ1) is 26.4. The first-order chi connectivity index (χ1) is 20.7. The molecule has 3 aliphatic rings. The van der Waals surface area contributed by atoms with Gasteiger partial charge in [-0.1, -0.05) is 24.3 Å². The second kappa shape index (κ2) is 9.38. The number of aromatic amines is 2. The van der Waals surface area contributed by atoms with Crippen LogP contribution in [0.5, 0.6) is 0 Å². The molecule has 3 N–H and O–H groups in total. The molecule has 8 nitrogen and oxygen atoms in total. The van der Waals surface area contributed by atoms with Crippen LogP contribution in [-0.2, 0) is 10.3 Å². The molecule has 2 saturated heterocycles. The van der Waals surface area contributed by atoms with E-state index >= 15 is 4.39 Å². The van der Waals surface area contributed by atoms with E-state index in [1.165, 1.54) is 6.42 Å². The molecule has 1 amide bonds. The van der Waals surface area contributed by atoms with Crippen molar-refractivity contribution in [1.82, 2.24) is 30.2 Å². The predicted octanol–water partition coefficient (Wildman–Crippen LogP) is 7.19. The Labute approximate surface area is 249 Å². The molecule has 0 spiro atoms. The average Bonchev–Trinajstić information content (AvgIpc) is 3.57. The molecule has 1 saturated carbocycles. The third-order valence-electron chi connectivity index (χ3n) is 9.31. The third kappa shape index (κ3) is 4.40. The molecule has 0 unspecified atom stereocenters. The lowest BCUT2D eigenvalue weighted by Crippen LogP contribution is -2.36. The number of carbonyl (C=O) groups excluding carboxylic acids is 1. The van der Waals surface area contributed by atoms with Crippen LogP contribution in [0.25, 0.3) is 44.2 Å². The lowest BCUT2D eigenvalue weighted by atomic mass is 9.99. The monoisotopic (exact) mass is 578 g/mol. The molecule has 3 fully saturated rings. The van der Waals surface area contributed by atoms with Gasteiger partial charge in [-0.25, -0.2) is 19.2 Å². The number of piperidine rings is 1. The molecular weight excluding hydrogens is 543 g/mol. The summed E-state index contributed by atoms with van der Waals surface area (Å²) in [4.78, 5) is 30.9. The number of rotatable bonds is 4. The second-order valence-corrected chi connectivity index (χ2v) is 13.3. The van der Waals surface area contributed by atoms with Gasteiger partial charge < -0.3 is 20.0 Å². The molecule has 3 aromatic carbocycles. The maximum Gasteiger partial charge on any atom is 0.410 e. The Morgan fingerprint density at radius 2 is 1.91 bits per heavy atom. The zero-order valence-electron chi connectivity index (χ0n) is 24.6. The maximum absolute atomic E-state index is 15.6. The van der Waals surface area contributed by atoms with Gasteiger partial charge in [0.1, 0.15) is 23.1 Å². The number of nitrogens with zero attached hydrogens (tertiary/aromatic N) is 3. The first-order valence-corrected chi connectivity index (χ1v) is 15.2. The van der Waals surface area contributed by atoms with Gasteiger partial charge in [-0.15, -0.1) is 0 Å². The molecule has 1 aliphatic carbocycles. The van der Waals surface area contributed by atoms with Crippen molar-refractivity contribution in [1.29, 1.82) is 0 Å². The van der Waals surface area contributed by atoms with Crippen LogP contribution in [0.15, 0.2) is 54.7 Å². The number of H-pyrrole nitrogens is 2. The normalized spacial score (nSPS) is 23.3. The standard InChI is InChI=1S/C34H35FN6O2/c1-33(2,3)43-32(42)41-14-4-5-28(41)30-36-18-27(38-30)24-10-7-20(16-25(24)35)19-6-9-23-21(15-19)8-11-26-29(23)40-31(39-26)34-17-22(34)12-13-37-34/h6-11,15-16,18,22,28,37H,4-5,12-14,17H2,1-3H3,(H,36,38)(H,39,40)/t22-,28-,34+/m0/s1. The number of fused-ring (bicyclic) bond motifs is 4. The van der Waals surface area contributed by atoms with Gasteiger partial charge >= 0.3 is 6.09 Å². The van der Waals surface area contributed by atoms with Gasteiger partial charge in [0.05, 0.1) is 34.5 Å². The van der Waals surface area contributed by atoms with E-state index in [1.54, 1.807) is 23.2 Å². The molecular formula is C34H35FN6O2. The Morgan fingerprint density at radius 3 is 2.67 bits per heavy atom. The van der Waals surface area contributed by atoms with Crippen molar-refractivity contribution in [3.63, 3.8) is 0 Å². The number of likely N-dealkylation sites (tertiary alicyclic amines) is 1. The number of nitrogens with one attached hydrogen (secondary N) is 3. The number of ether oxygens (including phenoxy) is 1. The number of imidazole rings is 2. The number of halogens is 1. The van der Waals surface area contributed by atoms with Crippen LogP contribution in [0, 0.1) is 11.7 Å². The van der Waals surface area contributed by atoms with Crippen LogP contribution in [-0.4, -0.2) is 49.6 Å². The number of amides is 1. The van der Waals surface area contributed by atoms with Crippen molar-refractivity contribution in [3.05, 3.63) is 72.2 Å². The number of benzene rings is 3. The molecule has 0 bridgehead atoms. The van der Waals surface area contributed by atoms with Gasteiger partial charge in [0.2, 0.25) is 0 Å². The highest BCUT2D eigenvalue weighted by Gasteiger charge is 2.60. The van der Waals surface area contributed by atoms with E-state index in [4.69, 9.17) is 9.72 Å². The Hall–Kier alpha value is -4.24. The van der Waals surface area contributed by atoms with E-state index in [0.29, 0.717) is 29.5 Å². The van der Waals surface area contributed by atoms with Crippen molar-refractivity contribution >= 4 is 27.9 Å². The summed E-state index contributed by atoms with van der Waals surface area (Å²) in [6.07, 6.45) is 5.30. The highest BCUT2D eigenvalue weighted by atomic mass is 19.1. The summed E-state index contributed by atoms with van der Waals surface area (Å²) in [5.74, 6) is 2.04. The minimum atomic E-state index is -0.574. The quantitative estimate of drug-likeness (QED) is 0.210. The summed E-state index contributed by atoms with van der Waals surface area (Å²) in [6, 6.07) is 15.5. The SMILES string of the molecule is CC(C)(C)OC(=O)N1CCC[C@H]1c1ncc(-c2ccc(-c3ccc4c(ccc5[nH]c([C@@]67C[C@@H]6CCN7)nc54)c3)cc2F)[nH]1. The van der Waals surface area contributed by atoms with Crippen LogP contribution in [0.2, 0.25) is 0 Å². The molecule has 3 atom stereocenters. The van der Waals surface area contributed by atoms with E-state index in [2.05, 4.69) is 44.5 Å². The van der Waals surface area contributed by atoms with E-state index in [9.17, 15) is 4.79 Å². The minimum Gasteiger partial charge on any atom is -0.444 e. The summed E-state index contributed by atoms with van der Waals surface area (Å²) in [5.41, 5.74) is 4.25. The Bertz CT molecular complexity index is 1900. The van der Waals surface area contributed by atoms with Gasteiger partial charge in [0.25, 0.3) is 0 Å². The molecule has 8 rings (SSSR count). The third-order valence-corrected chi connectivity index (χ3v) is 9.31. The number of hydrogen-bond donors (Lipinski definition) is 3. The number of hydrogen-bond acceptors (Lipinski definition) is 5. The van der Waals surface area contributed by atoms with Gasteiger partial charge in [-0.05, 0) is 99.7 Å². The topological polar surface area (TPSA) is 98.9 Å². The van der Waals surface area contributed by atoms with Gasteiger partial charge in [0.15, 0.2) is 0 Å². The van der Waals surface area contributed by atoms with Crippen LogP contribution in [0.1, 0.15) is 64.1 Å². The van der Waals surface area contributed by atoms with Crippen molar-refractivity contribution in [2.75, 3.05) is 13.1 Å². The number of carbonyl (C=O) groups is 1. The molecule has 220 valence electrons. The zero-order chi connectivity index (χ0) is 29.5. The number of aromatic nitrogens is 4. The summed E-state index contributed by atoms with van der Waals surface area (Å²) in [5, 5.41) is 5.82. The van der Waals surface area contributed by atoms with Crippen molar-refractivity contribution in [2.24, 2.45) is 5.92 Å². The molecule has 5 aromatic rings. The second-order valence-electron chi connectivity index (χ2n) is 13.3. The highest BCUT2D eigenvalue weighted by Crippen LogP contribution is 2.56. The Balaban J connectivity index is 1.05. The van der Waals surface area contributed by atoms with Gasteiger partial charge in [0, 0.05) is 17.5 Å². The Morgan fingerprint density at radius 1 is 1.07 bits per heavy atom. The van der Waals surface area contributed by atoms with Crippen molar-refractivity contribution in [2.45, 2.75) is 63.6 Å². The van der Waals surface area contributed by atoms with Crippen LogP contribution >= 0.6 is 0 Å². The lowest BCUT2D eigenvalue weighted by molar-refractivity contribution is 0.0218. The summed E-state index contributed by atoms with van der Waals surface area (Å²) in [6.45, 7) is 7.23. The highest BCUT2D eigenvalue weighted by molar-refractivity contribution is 6.05. The fourth-order valence-corrected chi connectivity index (χ4v) is 7.08.